The van der Waals surface area contributed by atoms with Crippen LogP contribution in [0.3, 0.4) is 0 Å². The Morgan fingerprint density at radius 1 is 1.56 bits per heavy atom. The predicted molar refractivity (Wildman–Crippen MR) is 58.1 cm³/mol. The summed E-state index contributed by atoms with van der Waals surface area (Å²) in [7, 11) is 2.21. The van der Waals surface area contributed by atoms with Gasteiger partial charge in [-0.15, -0.1) is 0 Å². The summed E-state index contributed by atoms with van der Waals surface area (Å²) in [5, 5.41) is 9.04. The highest BCUT2D eigenvalue weighted by Crippen LogP contribution is 2.37. The molecule has 0 saturated heterocycles. The molecule has 1 aromatic carbocycles. The molecule has 0 heterocycles. The average molecular weight is 289 g/mol. The van der Waals surface area contributed by atoms with Crippen LogP contribution in [-0.2, 0) is 14.8 Å². The molecule has 0 unspecified atom stereocenters. The number of halogens is 3. The fourth-order valence-electron chi connectivity index (χ4n) is 1.17. The van der Waals surface area contributed by atoms with Crippen LogP contribution in [0.2, 0.25) is 5.02 Å². The van der Waals surface area contributed by atoms with E-state index >= 15 is 0 Å². The van der Waals surface area contributed by atoms with E-state index in [1.807, 2.05) is 0 Å². The average Bonchev–Trinajstić information content (AvgIpc) is 2.12. The lowest BCUT2D eigenvalue weighted by molar-refractivity contribution is 0.393. The van der Waals surface area contributed by atoms with E-state index in [0.717, 1.165) is 6.07 Å². The maximum Gasteiger partial charge on any atom is 0.237 e. The molecule has 0 spiro atoms. The third kappa shape index (κ3) is 2.90. The Labute approximate surface area is 101 Å². The molecular formula is C8H7Cl2FO4S. The van der Waals surface area contributed by atoms with Crippen molar-refractivity contribution in [2.45, 2.75) is 5.75 Å². The second kappa shape index (κ2) is 4.65. The van der Waals surface area contributed by atoms with Crippen LogP contribution in [0.4, 0.5) is 4.39 Å². The number of hydrogen-bond acceptors (Lipinski definition) is 4. The normalized spacial score (nSPS) is 11.5. The molecule has 0 fully saturated rings. The first-order valence-corrected chi connectivity index (χ1v) is 6.78. The van der Waals surface area contributed by atoms with Crippen LogP contribution in [-0.4, -0.2) is 20.6 Å². The van der Waals surface area contributed by atoms with Crippen molar-refractivity contribution < 1.29 is 22.7 Å². The van der Waals surface area contributed by atoms with E-state index < -0.39 is 31.9 Å². The first-order valence-electron chi connectivity index (χ1n) is 3.92. The van der Waals surface area contributed by atoms with Crippen molar-refractivity contribution in [2.24, 2.45) is 0 Å². The van der Waals surface area contributed by atoms with Gasteiger partial charge in [-0.1, -0.05) is 11.6 Å². The number of phenolic OH excluding ortho intramolecular Hbond substituents is 1. The summed E-state index contributed by atoms with van der Waals surface area (Å²) in [4.78, 5) is 0. The third-order valence-electron chi connectivity index (χ3n) is 1.77. The largest absolute Gasteiger partial charge is 0.505 e. The van der Waals surface area contributed by atoms with Crippen molar-refractivity contribution >= 4 is 31.3 Å². The summed E-state index contributed by atoms with van der Waals surface area (Å²) >= 11 is 5.65. The molecule has 0 aliphatic carbocycles. The van der Waals surface area contributed by atoms with E-state index in [9.17, 15) is 12.8 Å². The van der Waals surface area contributed by atoms with Crippen molar-refractivity contribution in [3.05, 3.63) is 22.5 Å². The van der Waals surface area contributed by atoms with Crippen LogP contribution in [0, 0.1) is 5.82 Å². The Balaban J connectivity index is 3.45. The molecule has 0 aliphatic heterocycles. The van der Waals surface area contributed by atoms with Crippen molar-refractivity contribution in [1.29, 1.82) is 0 Å². The summed E-state index contributed by atoms with van der Waals surface area (Å²) < 4.78 is 39.9. The monoisotopic (exact) mass is 288 g/mol. The summed E-state index contributed by atoms with van der Waals surface area (Å²) in [6.45, 7) is 0. The minimum absolute atomic E-state index is 0.100. The van der Waals surface area contributed by atoms with E-state index in [1.54, 1.807) is 0 Å². The summed E-state index contributed by atoms with van der Waals surface area (Å²) in [6, 6.07) is 0.917. The fraction of sp³-hybridized carbons (Fsp3) is 0.250. The smallest absolute Gasteiger partial charge is 0.237 e. The number of phenols is 1. The number of aromatic hydroxyl groups is 1. The lowest BCUT2D eigenvalue weighted by Crippen LogP contribution is -2.02. The summed E-state index contributed by atoms with van der Waals surface area (Å²) in [6.07, 6.45) is 0. The third-order valence-corrected chi connectivity index (χ3v) is 3.01. The van der Waals surface area contributed by atoms with E-state index in [-0.39, 0.29) is 10.8 Å². The van der Waals surface area contributed by atoms with Gasteiger partial charge >= 0.3 is 0 Å². The molecule has 0 atom stereocenters. The number of rotatable bonds is 3. The van der Waals surface area contributed by atoms with Gasteiger partial charge in [-0.2, -0.15) is 0 Å². The molecule has 8 heteroatoms. The maximum atomic E-state index is 13.4. The van der Waals surface area contributed by atoms with Crippen molar-refractivity contribution in [3.63, 3.8) is 0 Å². The van der Waals surface area contributed by atoms with Gasteiger partial charge in [0.15, 0.2) is 11.6 Å². The van der Waals surface area contributed by atoms with Gasteiger partial charge in [0, 0.05) is 16.7 Å². The van der Waals surface area contributed by atoms with E-state index in [1.165, 1.54) is 7.11 Å². The number of hydrogen-bond donors (Lipinski definition) is 1. The molecule has 0 bridgehead atoms. The fourth-order valence-corrected chi connectivity index (χ4v) is 2.39. The second-order valence-corrected chi connectivity index (χ2v) is 6.07. The Kier molecular flexibility index (Phi) is 3.88. The topological polar surface area (TPSA) is 63.6 Å². The molecule has 16 heavy (non-hydrogen) atoms. The first-order chi connectivity index (χ1) is 7.26. The highest BCUT2D eigenvalue weighted by molar-refractivity contribution is 8.13. The zero-order chi connectivity index (χ0) is 12.5. The van der Waals surface area contributed by atoms with Gasteiger partial charge in [0.2, 0.25) is 9.05 Å². The Morgan fingerprint density at radius 3 is 2.56 bits per heavy atom. The summed E-state index contributed by atoms with van der Waals surface area (Å²) in [5.41, 5.74) is -0.400. The first kappa shape index (κ1) is 13.3. The van der Waals surface area contributed by atoms with E-state index in [4.69, 9.17) is 32.1 Å². The Hall–Kier alpha value is -0.720. The highest BCUT2D eigenvalue weighted by Gasteiger charge is 2.22. The zero-order valence-electron chi connectivity index (χ0n) is 8.00. The lowest BCUT2D eigenvalue weighted by Gasteiger charge is -2.11. The van der Waals surface area contributed by atoms with E-state index in [0.29, 0.717) is 0 Å². The lowest BCUT2D eigenvalue weighted by atomic mass is 10.2. The van der Waals surface area contributed by atoms with Gasteiger partial charge in [0.25, 0.3) is 0 Å². The predicted octanol–water partition coefficient (Wildman–Crippen LogP) is 2.26. The molecule has 1 rings (SSSR count). The van der Waals surface area contributed by atoms with Crippen LogP contribution in [0.1, 0.15) is 5.56 Å². The van der Waals surface area contributed by atoms with Crippen LogP contribution in [0.25, 0.3) is 0 Å². The van der Waals surface area contributed by atoms with Gasteiger partial charge in [0.1, 0.15) is 5.75 Å². The van der Waals surface area contributed by atoms with Crippen molar-refractivity contribution in [2.75, 3.05) is 7.11 Å². The van der Waals surface area contributed by atoms with Gasteiger partial charge in [-0.25, -0.2) is 12.8 Å². The van der Waals surface area contributed by atoms with Crippen molar-refractivity contribution in [3.8, 4) is 11.5 Å². The summed E-state index contributed by atoms with van der Waals surface area (Å²) in [5.74, 6) is -2.87. The number of methoxy groups -OCH3 is 1. The minimum Gasteiger partial charge on any atom is -0.505 e. The SMILES string of the molecule is COc1c(Cl)cc(O)c(F)c1CS(=O)(=O)Cl. The molecule has 4 nitrogen and oxygen atoms in total. The minimum atomic E-state index is -3.98. The van der Waals surface area contributed by atoms with Crippen LogP contribution in [0.15, 0.2) is 6.07 Å². The van der Waals surface area contributed by atoms with Crippen LogP contribution < -0.4 is 4.74 Å². The maximum absolute atomic E-state index is 13.4. The van der Waals surface area contributed by atoms with Crippen molar-refractivity contribution in [1.82, 2.24) is 0 Å². The molecular weight excluding hydrogens is 282 g/mol. The molecule has 0 amide bonds. The van der Waals surface area contributed by atoms with Gasteiger partial charge in [-0.3, -0.25) is 0 Å². The molecule has 0 aliphatic rings. The molecule has 0 radical (unpaired) electrons. The molecule has 90 valence electrons. The molecule has 1 aromatic rings. The second-order valence-electron chi connectivity index (χ2n) is 2.89. The molecule has 0 saturated carbocycles. The highest BCUT2D eigenvalue weighted by atomic mass is 35.7. The van der Waals surface area contributed by atoms with E-state index in [2.05, 4.69) is 0 Å². The van der Waals surface area contributed by atoms with Gasteiger partial charge in [-0.05, 0) is 0 Å². The van der Waals surface area contributed by atoms with Gasteiger partial charge in [0.05, 0.1) is 23.4 Å². The molecule has 0 aromatic heterocycles. The van der Waals surface area contributed by atoms with Gasteiger partial charge < -0.3 is 9.84 Å². The van der Waals surface area contributed by atoms with Crippen LogP contribution >= 0.6 is 22.3 Å². The number of benzene rings is 1. The standard InChI is InChI=1S/C8H7Cl2FO4S/c1-15-8-4(3-16(10,13)14)7(11)6(12)2-5(8)9/h2,12H,3H2,1H3. The molecule has 1 N–H and O–H groups in total. The Bertz CT molecular complexity index is 515. The van der Waals surface area contributed by atoms with Crippen LogP contribution in [0.5, 0.6) is 11.5 Å². The number of ether oxygens (including phenoxy) is 1. The quantitative estimate of drug-likeness (QED) is 0.867. The zero-order valence-corrected chi connectivity index (χ0v) is 10.3. The Morgan fingerprint density at radius 2 is 2.12 bits per heavy atom.